The Morgan fingerprint density at radius 2 is 1.76 bits per heavy atom. The van der Waals surface area contributed by atoms with Crippen molar-refractivity contribution in [2.75, 3.05) is 20.0 Å². The summed E-state index contributed by atoms with van der Waals surface area (Å²) < 4.78 is 28.3. The van der Waals surface area contributed by atoms with Crippen molar-refractivity contribution in [3.63, 3.8) is 0 Å². The number of benzene rings is 1. The fraction of sp³-hybridized carbons (Fsp3) is 0.500. The summed E-state index contributed by atoms with van der Waals surface area (Å²) in [5.41, 5.74) is -0.0269. The van der Waals surface area contributed by atoms with Crippen LogP contribution in [0.15, 0.2) is 29.2 Å². The van der Waals surface area contributed by atoms with E-state index in [1.165, 1.54) is 31.1 Å². The molecule has 140 valence electrons. The number of aliphatic hydroxyl groups excluding tert-OH is 1. The third-order valence-corrected chi connectivity index (χ3v) is 4.95. The molecule has 0 aliphatic heterocycles. The predicted molar refractivity (Wildman–Crippen MR) is 97.6 cm³/mol. The molecular formula is C18H27NO5S. The molecule has 25 heavy (non-hydrogen) atoms. The molecule has 0 saturated heterocycles. The van der Waals surface area contributed by atoms with Gasteiger partial charge in [0.25, 0.3) is 0 Å². The number of ether oxygens (including phenoxy) is 1. The first-order chi connectivity index (χ1) is 11.5. The van der Waals surface area contributed by atoms with Crippen molar-refractivity contribution in [3.8, 4) is 12.8 Å². The number of carbonyl (C=O) groups excluding carboxylic acids is 1. The average Bonchev–Trinajstić information content (AvgIpc) is 2.55. The van der Waals surface area contributed by atoms with E-state index in [1.807, 2.05) is 0 Å². The molecule has 0 radical (unpaired) electrons. The van der Waals surface area contributed by atoms with Crippen molar-refractivity contribution in [3.05, 3.63) is 29.8 Å². The van der Waals surface area contributed by atoms with Crippen LogP contribution < -0.4 is 0 Å². The van der Waals surface area contributed by atoms with Crippen molar-refractivity contribution >= 4 is 15.7 Å². The molecule has 1 amide bonds. The SMILES string of the molecule is C#C.COC(C)(C)N(C(C)=O)[C@H](CO)Cc1ccc(S(C)(=O)=O)cc1. The summed E-state index contributed by atoms with van der Waals surface area (Å²) in [5, 5.41) is 9.70. The molecule has 0 spiro atoms. The largest absolute Gasteiger partial charge is 0.394 e. The van der Waals surface area contributed by atoms with E-state index >= 15 is 0 Å². The zero-order valence-corrected chi connectivity index (χ0v) is 16.2. The summed E-state index contributed by atoms with van der Waals surface area (Å²) in [5.74, 6) is -0.205. The molecule has 1 N–H and O–H groups in total. The summed E-state index contributed by atoms with van der Waals surface area (Å²) in [6.45, 7) is 4.71. The van der Waals surface area contributed by atoms with Gasteiger partial charge in [0.15, 0.2) is 9.84 Å². The van der Waals surface area contributed by atoms with Crippen LogP contribution in [-0.2, 0) is 25.8 Å². The van der Waals surface area contributed by atoms with Crippen LogP contribution in [-0.4, -0.2) is 56.1 Å². The number of hydrogen-bond donors (Lipinski definition) is 1. The summed E-state index contributed by atoms with van der Waals surface area (Å²) in [4.78, 5) is 13.7. The zero-order valence-electron chi connectivity index (χ0n) is 15.4. The van der Waals surface area contributed by atoms with Gasteiger partial charge in [0.1, 0.15) is 5.72 Å². The maximum atomic E-state index is 12.0. The van der Waals surface area contributed by atoms with Crippen molar-refractivity contribution in [2.24, 2.45) is 0 Å². The number of rotatable bonds is 7. The smallest absolute Gasteiger partial charge is 0.222 e. The number of methoxy groups -OCH3 is 1. The van der Waals surface area contributed by atoms with Crippen molar-refractivity contribution in [2.45, 2.75) is 43.9 Å². The first kappa shape index (κ1) is 23.1. The van der Waals surface area contributed by atoms with Crippen LogP contribution in [0.25, 0.3) is 0 Å². The molecule has 7 heteroatoms. The predicted octanol–water partition coefficient (Wildman–Crippen LogP) is 1.47. The van der Waals surface area contributed by atoms with E-state index in [-0.39, 0.29) is 17.4 Å². The van der Waals surface area contributed by atoms with Crippen LogP contribution in [0.5, 0.6) is 0 Å². The number of sulfone groups is 1. The second kappa shape index (κ2) is 9.56. The van der Waals surface area contributed by atoms with Gasteiger partial charge in [0, 0.05) is 20.3 Å². The van der Waals surface area contributed by atoms with Crippen molar-refractivity contribution in [1.29, 1.82) is 0 Å². The summed E-state index contributed by atoms with van der Waals surface area (Å²) in [7, 11) is -1.74. The molecule has 6 nitrogen and oxygen atoms in total. The van der Waals surface area contributed by atoms with Crippen molar-refractivity contribution in [1.82, 2.24) is 4.90 Å². The van der Waals surface area contributed by atoms with Crippen LogP contribution in [0.4, 0.5) is 0 Å². The number of terminal acetylenes is 1. The Labute approximate surface area is 150 Å². The monoisotopic (exact) mass is 369 g/mol. The fourth-order valence-corrected chi connectivity index (χ4v) is 3.19. The standard InChI is InChI=1S/C16H25NO5S.C2H2/c1-12(19)17(16(2,3)22-4)14(11-18)10-13-6-8-15(9-7-13)23(5,20)21;1-2/h6-9,14,18H,10-11H2,1-5H3;1-2H/t14-;/m0./s1. The summed E-state index contributed by atoms with van der Waals surface area (Å²) >= 11 is 0. The Bertz CT molecular complexity index is 677. The van der Waals surface area contributed by atoms with Gasteiger partial charge in [-0.2, -0.15) is 0 Å². The molecule has 0 aliphatic rings. The minimum Gasteiger partial charge on any atom is -0.394 e. The van der Waals surface area contributed by atoms with Crippen LogP contribution in [0.3, 0.4) is 0 Å². The molecule has 0 aromatic heterocycles. The minimum atomic E-state index is -3.24. The van der Waals surface area contributed by atoms with Gasteiger partial charge in [-0.15, -0.1) is 12.8 Å². The lowest BCUT2D eigenvalue weighted by Crippen LogP contribution is -2.55. The second-order valence-electron chi connectivity index (χ2n) is 6.00. The zero-order chi connectivity index (χ0) is 19.8. The average molecular weight is 369 g/mol. The van der Waals surface area contributed by atoms with E-state index in [9.17, 15) is 18.3 Å². The van der Waals surface area contributed by atoms with Crippen molar-refractivity contribution < 1.29 is 23.1 Å². The first-order valence-electron chi connectivity index (χ1n) is 7.61. The van der Waals surface area contributed by atoms with E-state index in [4.69, 9.17) is 4.74 Å². The highest BCUT2D eigenvalue weighted by Crippen LogP contribution is 2.22. The van der Waals surface area contributed by atoms with E-state index in [0.29, 0.717) is 6.42 Å². The van der Waals surface area contributed by atoms with Gasteiger partial charge in [0.2, 0.25) is 5.91 Å². The maximum absolute atomic E-state index is 12.0. The summed E-state index contributed by atoms with van der Waals surface area (Å²) in [6, 6.07) is 5.97. The van der Waals surface area contributed by atoms with Gasteiger partial charge in [-0.25, -0.2) is 8.42 Å². The Hall–Kier alpha value is -1.88. The number of aliphatic hydroxyl groups is 1. The highest BCUT2D eigenvalue weighted by molar-refractivity contribution is 7.90. The number of carbonyl (C=O) groups is 1. The number of amides is 1. The topological polar surface area (TPSA) is 83.9 Å². The van der Waals surface area contributed by atoms with Gasteiger partial charge < -0.3 is 14.7 Å². The molecule has 0 unspecified atom stereocenters. The Morgan fingerprint density at radius 1 is 1.28 bits per heavy atom. The van der Waals surface area contributed by atoms with E-state index < -0.39 is 21.6 Å². The Kier molecular flexibility index (Phi) is 8.84. The molecule has 0 heterocycles. The number of hydrogen-bond acceptors (Lipinski definition) is 5. The van der Waals surface area contributed by atoms with E-state index in [1.54, 1.807) is 26.0 Å². The van der Waals surface area contributed by atoms with Gasteiger partial charge in [0.05, 0.1) is 17.5 Å². The highest BCUT2D eigenvalue weighted by Gasteiger charge is 2.34. The fourth-order valence-electron chi connectivity index (χ4n) is 2.56. The second-order valence-corrected chi connectivity index (χ2v) is 8.01. The van der Waals surface area contributed by atoms with Crippen LogP contribution in [0, 0.1) is 12.8 Å². The molecule has 1 aromatic rings. The minimum absolute atomic E-state index is 0.205. The normalized spacial score (nSPS) is 12.6. The molecule has 1 aromatic carbocycles. The number of nitrogens with zero attached hydrogens (tertiary/aromatic N) is 1. The quantitative estimate of drug-likeness (QED) is 0.581. The first-order valence-corrected chi connectivity index (χ1v) is 9.50. The highest BCUT2D eigenvalue weighted by atomic mass is 32.2. The Morgan fingerprint density at radius 3 is 2.08 bits per heavy atom. The lowest BCUT2D eigenvalue weighted by Gasteiger charge is -2.41. The summed E-state index contributed by atoms with van der Waals surface area (Å²) in [6.07, 6.45) is 9.55. The van der Waals surface area contributed by atoms with Crippen LogP contribution >= 0.6 is 0 Å². The molecule has 0 aliphatic carbocycles. The molecular weight excluding hydrogens is 342 g/mol. The Balaban J connectivity index is 0.00000277. The maximum Gasteiger partial charge on any atom is 0.222 e. The lowest BCUT2D eigenvalue weighted by molar-refractivity contribution is -0.167. The van der Waals surface area contributed by atoms with E-state index in [2.05, 4.69) is 12.8 Å². The molecule has 0 bridgehead atoms. The van der Waals surface area contributed by atoms with Gasteiger partial charge in [-0.05, 0) is 38.0 Å². The van der Waals surface area contributed by atoms with Gasteiger partial charge in [-0.1, -0.05) is 12.1 Å². The molecule has 0 saturated carbocycles. The molecule has 1 rings (SSSR count). The third kappa shape index (κ3) is 6.50. The van der Waals surface area contributed by atoms with Crippen LogP contribution in [0.1, 0.15) is 26.3 Å². The lowest BCUT2D eigenvalue weighted by atomic mass is 10.0. The van der Waals surface area contributed by atoms with Gasteiger partial charge >= 0.3 is 0 Å². The van der Waals surface area contributed by atoms with Crippen LogP contribution in [0.2, 0.25) is 0 Å². The third-order valence-electron chi connectivity index (χ3n) is 3.82. The van der Waals surface area contributed by atoms with E-state index in [0.717, 1.165) is 11.8 Å². The molecule has 0 fully saturated rings. The molecule has 1 atom stereocenters. The van der Waals surface area contributed by atoms with Gasteiger partial charge in [-0.3, -0.25) is 4.79 Å².